The first-order valence-electron chi connectivity index (χ1n) is 12.4. The zero-order chi connectivity index (χ0) is 27.7. The van der Waals surface area contributed by atoms with Gasteiger partial charge in [-0.25, -0.2) is 14.8 Å². The van der Waals surface area contributed by atoms with Crippen molar-refractivity contribution in [3.63, 3.8) is 0 Å². The number of carbonyl (C=O) groups excluding carboxylic acids is 1. The molecule has 10 nitrogen and oxygen atoms in total. The smallest absolute Gasteiger partial charge is 0.410 e. The van der Waals surface area contributed by atoms with Crippen LogP contribution in [0.25, 0.3) is 16.6 Å². The minimum absolute atomic E-state index is 0.279. The SMILES string of the molecule is CC(C)(C)OC(=O)N1CCN(c2ccc(Nc3ncc4c(=O)n(-c5c(Cl)cccc5Cl)ncc4n3)cc2)CC1. The average molecular weight is 568 g/mol. The monoisotopic (exact) mass is 567 g/mol. The molecule has 0 saturated carbocycles. The number of benzene rings is 2. The second-order valence-electron chi connectivity index (χ2n) is 10.1. The summed E-state index contributed by atoms with van der Waals surface area (Å²) >= 11 is 12.5. The van der Waals surface area contributed by atoms with E-state index in [2.05, 4.69) is 25.3 Å². The van der Waals surface area contributed by atoms with Gasteiger partial charge in [0.25, 0.3) is 5.56 Å². The lowest BCUT2D eigenvalue weighted by molar-refractivity contribution is 0.0240. The van der Waals surface area contributed by atoms with Crippen LogP contribution in [-0.2, 0) is 4.74 Å². The number of halogens is 2. The van der Waals surface area contributed by atoms with Gasteiger partial charge >= 0.3 is 6.09 Å². The number of para-hydroxylation sites is 1. The molecule has 1 N–H and O–H groups in total. The molecule has 39 heavy (non-hydrogen) atoms. The molecule has 12 heteroatoms. The van der Waals surface area contributed by atoms with Gasteiger partial charge in [0.05, 0.1) is 21.6 Å². The Bertz CT molecular complexity index is 1560. The van der Waals surface area contributed by atoms with E-state index in [1.165, 1.54) is 12.4 Å². The van der Waals surface area contributed by atoms with E-state index in [0.29, 0.717) is 53.4 Å². The molecule has 2 aromatic carbocycles. The number of amides is 1. The van der Waals surface area contributed by atoms with E-state index in [-0.39, 0.29) is 11.5 Å². The fourth-order valence-corrected chi connectivity index (χ4v) is 4.76. The molecule has 5 rings (SSSR count). The van der Waals surface area contributed by atoms with Crippen LogP contribution >= 0.6 is 23.2 Å². The molecule has 4 aromatic rings. The number of piperazine rings is 1. The summed E-state index contributed by atoms with van der Waals surface area (Å²) in [7, 11) is 0. The molecule has 2 aromatic heterocycles. The van der Waals surface area contributed by atoms with Crippen LogP contribution < -0.4 is 15.8 Å². The van der Waals surface area contributed by atoms with E-state index < -0.39 is 11.2 Å². The number of carbonyl (C=O) groups is 1. The standard InChI is InChI=1S/C27H27Cl2N7O3/c1-27(2,3)39-26(38)35-13-11-34(12-14-35)18-9-7-17(8-10-18)32-25-30-15-19-22(33-25)16-31-36(24(19)37)23-20(28)5-4-6-21(23)29/h4-10,15-16H,11-14H2,1-3H3,(H,30,32,33). The zero-order valence-electron chi connectivity index (χ0n) is 21.7. The minimum atomic E-state index is -0.508. The Morgan fingerprint density at radius 1 is 0.974 bits per heavy atom. The zero-order valence-corrected chi connectivity index (χ0v) is 23.2. The first-order chi connectivity index (χ1) is 18.6. The molecule has 1 aliphatic heterocycles. The predicted molar refractivity (Wildman–Crippen MR) is 153 cm³/mol. The van der Waals surface area contributed by atoms with Gasteiger partial charge in [-0.1, -0.05) is 29.3 Å². The number of nitrogens with zero attached hydrogens (tertiary/aromatic N) is 6. The van der Waals surface area contributed by atoms with Gasteiger partial charge in [-0.2, -0.15) is 9.78 Å². The van der Waals surface area contributed by atoms with Gasteiger partial charge in [0.15, 0.2) is 0 Å². The summed E-state index contributed by atoms with van der Waals surface area (Å²) in [5.41, 5.74) is 1.59. The maximum atomic E-state index is 13.1. The van der Waals surface area contributed by atoms with Crippen molar-refractivity contribution in [2.24, 2.45) is 0 Å². The topological polar surface area (TPSA) is 105 Å². The van der Waals surface area contributed by atoms with Gasteiger partial charge in [-0.05, 0) is 57.2 Å². The van der Waals surface area contributed by atoms with Crippen LogP contribution in [0.1, 0.15) is 20.8 Å². The first kappa shape index (κ1) is 26.7. The van der Waals surface area contributed by atoms with E-state index in [1.54, 1.807) is 23.1 Å². The summed E-state index contributed by atoms with van der Waals surface area (Å²) in [6.45, 7) is 8.21. The predicted octanol–water partition coefficient (Wildman–Crippen LogP) is 5.28. The number of nitrogens with one attached hydrogen (secondary N) is 1. The Morgan fingerprint density at radius 3 is 2.28 bits per heavy atom. The van der Waals surface area contributed by atoms with Gasteiger partial charge in [-0.15, -0.1) is 0 Å². The van der Waals surface area contributed by atoms with Crippen molar-refractivity contribution in [3.8, 4) is 5.69 Å². The molecule has 1 aliphatic rings. The van der Waals surface area contributed by atoms with Gasteiger partial charge in [0.1, 0.15) is 16.8 Å². The van der Waals surface area contributed by atoms with Gasteiger partial charge < -0.3 is 19.9 Å². The summed E-state index contributed by atoms with van der Waals surface area (Å²) in [4.78, 5) is 38.1. The van der Waals surface area contributed by atoms with Gasteiger partial charge in [0, 0.05) is 43.8 Å². The number of fused-ring (bicyclic) bond motifs is 1. The maximum absolute atomic E-state index is 13.1. The van der Waals surface area contributed by atoms with Crippen LogP contribution in [0, 0.1) is 0 Å². The Labute approximate surface area is 235 Å². The lowest BCUT2D eigenvalue weighted by atomic mass is 10.2. The van der Waals surface area contributed by atoms with Crippen molar-refractivity contribution >= 4 is 57.5 Å². The molecule has 1 amide bonds. The third-order valence-corrected chi connectivity index (χ3v) is 6.72. The Kier molecular flexibility index (Phi) is 7.33. The molecule has 0 atom stereocenters. The molecular weight excluding hydrogens is 541 g/mol. The summed E-state index contributed by atoms with van der Waals surface area (Å²) in [6, 6.07) is 12.8. The third kappa shape index (κ3) is 5.91. The highest BCUT2D eigenvalue weighted by Gasteiger charge is 2.26. The third-order valence-electron chi connectivity index (χ3n) is 6.11. The van der Waals surface area contributed by atoms with E-state index in [9.17, 15) is 9.59 Å². The highest BCUT2D eigenvalue weighted by Crippen LogP contribution is 2.27. The maximum Gasteiger partial charge on any atom is 0.410 e. The summed E-state index contributed by atoms with van der Waals surface area (Å²) in [5.74, 6) is 0.330. The second-order valence-corrected chi connectivity index (χ2v) is 10.9. The summed E-state index contributed by atoms with van der Waals surface area (Å²) in [6.07, 6.45) is 2.65. The Balaban J connectivity index is 1.26. The minimum Gasteiger partial charge on any atom is -0.444 e. The molecule has 0 spiro atoms. The van der Waals surface area contributed by atoms with Crippen LogP contribution in [0.2, 0.25) is 10.0 Å². The quantitative estimate of drug-likeness (QED) is 0.355. The van der Waals surface area contributed by atoms with E-state index in [1.807, 2.05) is 45.0 Å². The molecular formula is C27H27Cl2N7O3. The number of rotatable bonds is 4. The lowest BCUT2D eigenvalue weighted by Gasteiger charge is -2.36. The molecule has 3 heterocycles. The molecule has 0 aliphatic carbocycles. The molecule has 1 saturated heterocycles. The largest absolute Gasteiger partial charge is 0.444 e. The van der Waals surface area contributed by atoms with Crippen LogP contribution in [0.4, 0.5) is 22.1 Å². The number of hydrogen-bond donors (Lipinski definition) is 1. The van der Waals surface area contributed by atoms with Crippen LogP contribution in [-0.4, -0.2) is 62.5 Å². The van der Waals surface area contributed by atoms with Crippen LogP contribution in [0.3, 0.4) is 0 Å². The fourth-order valence-electron chi connectivity index (χ4n) is 4.21. The number of anilines is 3. The van der Waals surface area contributed by atoms with E-state index >= 15 is 0 Å². The van der Waals surface area contributed by atoms with Crippen LogP contribution in [0.15, 0.2) is 59.7 Å². The van der Waals surface area contributed by atoms with Crippen molar-refractivity contribution < 1.29 is 9.53 Å². The Hall–Kier alpha value is -3.89. The van der Waals surface area contributed by atoms with Crippen LogP contribution in [0.5, 0.6) is 0 Å². The summed E-state index contributed by atoms with van der Waals surface area (Å²) < 4.78 is 6.62. The molecule has 0 radical (unpaired) electrons. The van der Waals surface area contributed by atoms with E-state index in [4.69, 9.17) is 27.9 Å². The molecule has 0 unspecified atom stereocenters. The van der Waals surface area contributed by atoms with Gasteiger partial charge in [0.2, 0.25) is 5.95 Å². The van der Waals surface area contributed by atoms with Crippen molar-refractivity contribution in [1.82, 2.24) is 24.6 Å². The first-order valence-corrected chi connectivity index (χ1v) is 13.1. The van der Waals surface area contributed by atoms with Crippen molar-refractivity contribution in [2.45, 2.75) is 26.4 Å². The normalized spacial score (nSPS) is 14.0. The molecule has 0 bridgehead atoms. The highest BCUT2D eigenvalue weighted by molar-refractivity contribution is 6.37. The molecule has 1 fully saturated rings. The van der Waals surface area contributed by atoms with E-state index in [0.717, 1.165) is 16.1 Å². The lowest BCUT2D eigenvalue weighted by Crippen LogP contribution is -2.50. The van der Waals surface area contributed by atoms with Crippen molar-refractivity contribution in [2.75, 3.05) is 36.4 Å². The molecule has 202 valence electrons. The number of ether oxygens (including phenoxy) is 1. The number of hydrogen-bond acceptors (Lipinski definition) is 8. The highest BCUT2D eigenvalue weighted by atomic mass is 35.5. The second kappa shape index (κ2) is 10.7. The van der Waals surface area contributed by atoms with Gasteiger partial charge in [-0.3, -0.25) is 4.79 Å². The summed E-state index contributed by atoms with van der Waals surface area (Å²) in [5, 5.41) is 8.29. The number of aromatic nitrogens is 4. The average Bonchev–Trinajstić information content (AvgIpc) is 2.89. The Morgan fingerprint density at radius 2 is 1.64 bits per heavy atom. The van der Waals surface area contributed by atoms with Crippen molar-refractivity contribution in [3.05, 3.63) is 75.3 Å². The van der Waals surface area contributed by atoms with Crippen molar-refractivity contribution in [1.29, 1.82) is 0 Å². The fraction of sp³-hybridized carbons (Fsp3) is 0.296.